The van der Waals surface area contributed by atoms with Gasteiger partial charge in [0, 0.05) is 23.5 Å². The predicted molar refractivity (Wildman–Crippen MR) is 80.1 cm³/mol. The fraction of sp³-hybridized carbons (Fsp3) is 0. The summed E-state index contributed by atoms with van der Waals surface area (Å²) in [7, 11) is 0. The third-order valence-corrected chi connectivity index (χ3v) is 3.24. The van der Waals surface area contributed by atoms with E-state index in [0.29, 0.717) is 21.5 Å². The van der Waals surface area contributed by atoms with Crippen molar-refractivity contribution in [3.63, 3.8) is 0 Å². The highest BCUT2D eigenvalue weighted by molar-refractivity contribution is 6.35. The van der Waals surface area contributed by atoms with Crippen molar-refractivity contribution >= 4 is 23.2 Å². The van der Waals surface area contributed by atoms with Crippen LogP contribution in [0.1, 0.15) is 0 Å². The average Bonchev–Trinajstić information content (AvgIpc) is 2.96. The first kappa shape index (κ1) is 13.0. The molecule has 0 spiro atoms. The SMILES string of the molecule is Clc1ccc(Oc2cccc(-n3cccn3)c2)c(Cl)c1. The quantitative estimate of drug-likeness (QED) is 0.683. The van der Waals surface area contributed by atoms with Crippen LogP contribution in [0.15, 0.2) is 60.9 Å². The lowest BCUT2D eigenvalue weighted by atomic mass is 10.3. The number of hydrogen-bond donors (Lipinski definition) is 0. The van der Waals surface area contributed by atoms with Crippen molar-refractivity contribution in [2.75, 3.05) is 0 Å². The molecule has 0 amide bonds. The maximum atomic E-state index is 6.09. The molecule has 1 aromatic heterocycles. The Morgan fingerprint density at radius 3 is 2.65 bits per heavy atom. The van der Waals surface area contributed by atoms with Gasteiger partial charge in [-0.2, -0.15) is 5.10 Å². The topological polar surface area (TPSA) is 27.1 Å². The Morgan fingerprint density at radius 2 is 1.90 bits per heavy atom. The summed E-state index contributed by atoms with van der Waals surface area (Å²) in [6.07, 6.45) is 3.60. The zero-order valence-corrected chi connectivity index (χ0v) is 11.8. The Labute approximate surface area is 126 Å². The smallest absolute Gasteiger partial charge is 0.146 e. The van der Waals surface area contributed by atoms with E-state index in [9.17, 15) is 0 Å². The van der Waals surface area contributed by atoms with Gasteiger partial charge >= 0.3 is 0 Å². The second-order valence-electron chi connectivity index (χ2n) is 4.12. The number of ether oxygens (including phenoxy) is 1. The number of nitrogens with zero attached hydrogens (tertiary/aromatic N) is 2. The van der Waals surface area contributed by atoms with Crippen LogP contribution < -0.4 is 4.74 Å². The van der Waals surface area contributed by atoms with E-state index in [0.717, 1.165) is 5.69 Å². The second kappa shape index (κ2) is 5.57. The number of halogens is 2. The lowest BCUT2D eigenvalue weighted by Gasteiger charge is -2.09. The van der Waals surface area contributed by atoms with Gasteiger partial charge in [-0.1, -0.05) is 29.3 Å². The summed E-state index contributed by atoms with van der Waals surface area (Å²) >= 11 is 12.0. The van der Waals surface area contributed by atoms with Gasteiger partial charge in [0.15, 0.2) is 0 Å². The molecule has 3 rings (SSSR count). The van der Waals surface area contributed by atoms with Crippen LogP contribution in [0.4, 0.5) is 0 Å². The Balaban J connectivity index is 1.89. The lowest BCUT2D eigenvalue weighted by Crippen LogP contribution is -1.94. The van der Waals surface area contributed by atoms with Crippen LogP contribution in [0.3, 0.4) is 0 Å². The number of rotatable bonds is 3. The van der Waals surface area contributed by atoms with Crippen molar-refractivity contribution in [3.05, 3.63) is 71.0 Å². The molecule has 100 valence electrons. The maximum Gasteiger partial charge on any atom is 0.146 e. The van der Waals surface area contributed by atoms with E-state index in [1.165, 1.54) is 0 Å². The third-order valence-electron chi connectivity index (χ3n) is 2.71. The molecule has 0 aliphatic rings. The van der Waals surface area contributed by atoms with Gasteiger partial charge in [0.25, 0.3) is 0 Å². The normalized spacial score (nSPS) is 10.5. The molecule has 0 saturated carbocycles. The summed E-state index contributed by atoms with van der Waals surface area (Å²) in [5.74, 6) is 1.25. The second-order valence-corrected chi connectivity index (χ2v) is 4.97. The van der Waals surface area contributed by atoms with E-state index in [1.54, 1.807) is 29.1 Å². The standard InChI is InChI=1S/C15H10Cl2N2O/c16-11-5-6-15(14(17)9-11)20-13-4-1-3-12(10-13)19-8-2-7-18-19/h1-10H. The van der Waals surface area contributed by atoms with Gasteiger partial charge in [-0.3, -0.25) is 0 Å². The van der Waals surface area contributed by atoms with Crippen molar-refractivity contribution in [2.45, 2.75) is 0 Å². The first-order valence-corrected chi connectivity index (χ1v) is 6.71. The highest BCUT2D eigenvalue weighted by Gasteiger charge is 2.05. The minimum atomic E-state index is 0.474. The molecule has 20 heavy (non-hydrogen) atoms. The van der Waals surface area contributed by atoms with Gasteiger partial charge in [-0.15, -0.1) is 0 Å². The molecule has 0 atom stereocenters. The predicted octanol–water partition coefficient (Wildman–Crippen LogP) is 4.97. The molecule has 0 fully saturated rings. The van der Waals surface area contributed by atoms with Crippen molar-refractivity contribution in [1.82, 2.24) is 9.78 Å². The first-order chi connectivity index (χ1) is 9.72. The summed E-state index contributed by atoms with van der Waals surface area (Å²) in [6, 6.07) is 14.6. The highest BCUT2D eigenvalue weighted by atomic mass is 35.5. The van der Waals surface area contributed by atoms with Gasteiger partial charge < -0.3 is 4.74 Å². The van der Waals surface area contributed by atoms with Crippen molar-refractivity contribution in [3.8, 4) is 17.2 Å². The number of benzene rings is 2. The minimum absolute atomic E-state index is 0.474. The van der Waals surface area contributed by atoms with E-state index in [2.05, 4.69) is 5.10 Å². The largest absolute Gasteiger partial charge is 0.456 e. The van der Waals surface area contributed by atoms with E-state index < -0.39 is 0 Å². The van der Waals surface area contributed by atoms with Crippen LogP contribution in [0.2, 0.25) is 10.0 Å². The van der Waals surface area contributed by atoms with E-state index in [4.69, 9.17) is 27.9 Å². The van der Waals surface area contributed by atoms with Crippen LogP contribution in [0.5, 0.6) is 11.5 Å². The zero-order valence-electron chi connectivity index (χ0n) is 10.3. The summed E-state index contributed by atoms with van der Waals surface area (Å²) < 4.78 is 7.53. The van der Waals surface area contributed by atoms with Crippen molar-refractivity contribution in [2.24, 2.45) is 0 Å². The first-order valence-electron chi connectivity index (χ1n) is 5.95. The van der Waals surface area contributed by atoms with Crippen LogP contribution in [0, 0.1) is 0 Å². The third kappa shape index (κ3) is 2.79. The van der Waals surface area contributed by atoms with Crippen LogP contribution in [0.25, 0.3) is 5.69 Å². The number of aromatic nitrogens is 2. The Morgan fingerprint density at radius 1 is 1.00 bits per heavy atom. The lowest BCUT2D eigenvalue weighted by molar-refractivity contribution is 0.482. The van der Waals surface area contributed by atoms with E-state index >= 15 is 0 Å². The van der Waals surface area contributed by atoms with Gasteiger partial charge in [0.2, 0.25) is 0 Å². The molecule has 0 aliphatic heterocycles. The van der Waals surface area contributed by atoms with Gasteiger partial charge in [0.1, 0.15) is 11.5 Å². The molecule has 0 aliphatic carbocycles. The van der Waals surface area contributed by atoms with Gasteiger partial charge in [0.05, 0.1) is 10.7 Å². The summed E-state index contributed by atoms with van der Waals surface area (Å²) in [6.45, 7) is 0. The Hall–Kier alpha value is -1.97. The van der Waals surface area contributed by atoms with Gasteiger partial charge in [-0.05, 0) is 36.4 Å². The number of hydrogen-bond acceptors (Lipinski definition) is 2. The molecule has 3 nitrogen and oxygen atoms in total. The molecule has 5 heteroatoms. The summed E-state index contributed by atoms with van der Waals surface area (Å²) in [4.78, 5) is 0. The minimum Gasteiger partial charge on any atom is -0.456 e. The molecule has 3 aromatic rings. The summed E-state index contributed by atoms with van der Waals surface area (Å²) in [5, 5.41) is 5.23. The van der Waals surface area contributed by atoms with Crippen LogP contribution >= 0.6 is 23.2 Å². The van der Waals surface area contributed by atoms with Crippen molar-refractivity contribution in [1.29, 1.82) is 0 Å². The molecular weight excluding hydrogens is 295 g/mol. The average molecular weight is 305 g/mol. The molecule has 0 unspecified atom stereocenters. The van der Waals surface area contributed by atoms with Crippen LogP contribution in [-0.4, -0.2) is 9.78 Å². The zero-order chi connectivity index (χ0) is 13.9. The fourth-order valence-corrected chi connectivity index (χ4v) is 2.24. The maximum absolute atomic E-state index is 6.09. The molecule has 1 heterocycles. The molecular formula is C15H10Cl2N2O. The van der Waals surface area contributed by atoms with Crippen LogP contribution in [-0.2, 0) is 0 Å². The molecule has 0 N–H and O–H groups in total. The highest BCUT2D eigenvalue weighted by Crippen LogP contribution is 2.32. The molecule has 0 radical (unpaired) electrons. The monoisotopic (exact) mass is 304 g/mol. The van der Waals surface area contributed by atoms with Gasteiger partial charge in [-0.25, -0.2) is 4.68 Å². The molecule has 0 saturated heterocycles. The Bertz CT molecular complexity index is 726. The van der Waals surface area contributed by atoms with Crippen molar-refractivity contribution < 1.29 is 4.74 Å². The van der Waals surface area contributed by atoms with E-state index in [-0.39, 0.29) is 0 Å². The van der Waals surface area contributed by atoms with E-state index in [1.807, 2.05) is 36.5 Å². The summed E-state index contributed by atoms with van der Waals surface area (Å²) in [5.41, 5.74) is 0.914. The Kier molecular flexibility index (Phi) is 3.63. The molecule has 2 aromatic carbocycles. The molecule has 0 bridgehead atoms. The fourth-order valence-electron chi connectivity index (χ4n) is 1.80.